The zero-order valence-electron chi connectivity index (χ0n) is 10.4. The molecule has 0 radical (unpaired) electrons. The lowest BCUT2D eigenvalue weighted by Gasteiger charge is -2.14. The summed E-state index contributed by atoms with van der Waals surface area (Å²) in [7, 11) is 3.22. The van der Waals surface area contributed by atoms with Gasteiger partial charge in [-0.3, -0.25) is 0 Å². The smallest absolute Gasteiger partial charge is 0.200 e. The monoisotopic (exact) mass is 238 g/mol. The number of methoxy groups -OCH3 is 2. The van der Waals surface area contributed by atoms with E-state index in [1.54, 1.807) is 14.2 Å². The molecular formula is C13H18O4. The van der Waals surface area contributed by atoms with Gasteiger partial charge in [0.1, 0.15) is 5.75 Å². The van der Waals surface area contributed by atoms with Crippen LogP contribution in [0.1, 0.15) is 13.3 Å². The minimum Gasteiger partial charge on any atom is -0.493 e. The fraction of sp³-hybridized carbons (Fsp3) is 0.538. The molecule has 2 rings (SSSR count). The van der Waals surface area contributed by atoms with Crippen molar-refractivity contribution in [2.75, 3.05) is 20.8 Å². The molecule has 17 heavy (non-hydrogen) atoms. The first-order valence-electron chi connectivity index (χ1n) is 5.73. The summed E-state index contributed by atoms with van der Waals surface area (Å²) in [6, 6.07) is 5.49. The molecule has 0 aliphatic carbocycles. The number of ether oxygens (including phenoxy) is 4. The average Bonchev–Trinajstić information content (AvgIpc) is 2.74. The van der Waals surface area contributed by atoms with E-state index in [4.69, 9.17) is 18.9 Å². The van der Waals surface area contributed by atoms with Gasteiger partial charge in [0.15, 0.2) is 17.8 Å². The van der Waals surface area contributed by atoms with E-state index in [9.17, 15) is 0 Å². The molecule has 0 spiro atoms. The van der Waals surface area contributed by atoms with Gasteiger partial charge in [-0.25, -0.2) is 0 Å². The van der Waals surface area contributed by atoms with E-state index in [0.29, 0.717) is 17.4 Å². The van der Waals surface area contributed by atoms with Crippen LogP contribution in [-0.2, 0) is 4.74 Å². The van der Waals surface area contributed by atoms with Crippen LogP contribution >= 0.6 is 0 Å². The third-order valence-corrected chi connectivity index (χ3v) is 2.78. The van der Waals surface area contributed by atoms with Gasteiger partial charge in [0.05, 0.1) is 20.8 Å². The first-order chi connectivity index (χ1) is 8.22. The van der Waals surface area contributed by atoms with Crippen molar-refractivity contribution in [1.29, 1.82) is 0 Å². The lowest BCUT2D eigenvalue weighted by molar-refractivity contribution is -0.0394. The standard InChI is InChI=1S/C13H18O4/c1-9-6-13(16-8-9)17-10-4-5-11(14-2)12(7-10)15-3/h4-5,7,9,13H,6,8H2,1-3H3/t9-,13?/m1/s1. The molecule has 1 heterocycles. The molecule has 1 aromatic carbocycles. The van der Waals surface area contributed by atoms with Gasteiger partial charge in [-0.1, -0.05) is 6.92 Å². The molecule has 1 aromatic rings. The summed E-state index contributed by atoms with van der Waals surface area (Å²) in [4.78, 5) is 0. The van der Waals surface area contributed by atoms with E-state index < -0.39 is 0 Å². The van der Waals surface area contributed by atoms with Gasteiger partial charge in [0, 0.05) is 12.5 Å². The maximum atomic E-state index is 5.73. The van der Waals surface area contributed by atoms with Gasteiger partial charge in [0.2, 0.25) is 0 Å². The molecule has 1 fully saturated rings. The predicted octanol–water partition coefficient (Wildman–Crippen LogP) is 2.47. The Kier molecular flexibility index (Phi) is 3.74. The average molecular weight is 238 g/mol. The molecule has 1 aliphatic heterocycles. The van der Waals surface area contributed by atoms with Crippen molar-refractivity contribution in [2.45, 2.75) is 19.6 Å². The maximum absolute atomic E-state index is 5.73. The third kappa shape index (κ3) is 2.82. The molecule has 1 aliphatic rings. The summed E-state index contributed by atoms with van der Waals surface area (Å²) in [6.07, 6.45) is 0.775. The minimum atomic E-state index is -0.150. The summed E-state index contributed by atoms with van der Waals surface area (Å²) in [6.45, 7) is 2.91. The Morgan fingerprint density at radius 1 is 1.18 bits per heavy atom. The maximum Gasteiger partial charge on any atom is 0.200 e. The van der Waals surface area contributed by atoms with Gasteiger partial charge >= 0.3 is 0 Å². The lowest BCUT2D eigenvalue weighted by atomic mass is 10.1. The van der Waals surface area contributed by atoms with E-state index in [0.717, 1.165) is 18.8 Å². The van der Waals surface area contributed by atoms with Crippen LogP contribution in [0.3, 0.4) is 0 Å². The van der Waals surface area contributed by atoms with Gasteiger partial charge in [-0.2, -0.15) is 0 Å². The van der Waals surface area contributed by atoms with Gasteiger partial charge in [-0.15, -0.1) is 0 Å². The number of hydrogen-bond acceptors (Lipinski definition) is 4. The second-order valence-electron chi connectivity index (χ2n) is 4.24. The SMILES string of the molecule is COc1ccc(OC2C[C@@H](C)CO2)cc1OC. The fourth-order valence-electron chi connectivity index (χ4n) is 1.86. The summed E-state index contributed by atoms with van der Waals surface area (Å²) in [5, 5.41) is 0. The highest BCUT2D eigenvalue weighted by Crippen LogP contribution is 2.32. The van der Waals surface area contributed by atoms with E-state index in [1.165, 1.54) is 0 Å². The first-order valence-corrected chi connectivity index (χ1v) is 5.73. The van der Waals surface area contributed by atoms with Crippen LogP contribution in [0.2, 0.25) is 0 Å². The zero-order chi connectivity index (χ0) is 12.3. The third-order valence-electron chi connectivity index (χ3n) is 2.78. The van der Waals surface area contributed by atoms with Gasteiger partial charge < -0.3 is 18.9 Å². The number of hydrogen-bond donors (Lipinski definition) is 0. The van der Waals surface area contributed by atoms with E-state index in [1.807, 2.05) is 18.2 Å². The largest absolute Gasteiger partial charge is 0.493 e. The fourth-order valence-corrected chi connectivity index (χ4v) is 1.86. The van der Waals surface area contributed by atoms with Crippen LogP contribution in [0.25, 0.3) is 0 Å². The van der Waals surface area contributed by atoms with Crippen LogP contribution < -0.4 is 14.2 Å². The Bertz CT molecular complexity index is 378. The molecule has 94 valence electrons. The lowest BCUT2D eigenvalue weighted by Crippen LogP contribution is -2.14. The van der Waals surface area contributed by atoms with Gasteiger partial charge in [-0.05, 0) is 18.1 Å². The van der Waals surface area contributed by atoms with Crippen LogP contribution in [0.4, 0.5) is 0 Å². The van der Waals surface area contributed by atoms with Crippen molar-refractivity contribution in [3.8, 4) is 17.2 Å². The Balaban J connectivity index is 2.06. The Morgan fingerprint density at radius 2 is 1.94 bits per heavy atom. The molecule has 1 unspecified atom stereocenters. The normalized spacial score (nSPS) is 23.5. The number of benzene rings is 1. The second-order valence-corrected chi connectivity index (χ2v) is 4.24. The highest BCUT2D eigenvalue weighted by molar-refractivity contribution is 5.45. The van der Waals surface area contributed by atoms with Crippen molar-refractivity contribution in [2.24, 2.45) is 5.92 Å². The summed E-state index contributed by atoms with van der Waals surface area (Å²) < 4.78 is 21.6. The van der Waals surface area contributed by atoms with E-state index in [-0.39, 0.29) is 6.29 Å². The topological polar surface area (TPSA) is 36.9 Å². The Morgan fingerprint density at radius 3 is 2.53 bits per heavy atom. The van der Waals surface area contributed by atoms with Crippen LogP contribution in [-0.4, -0.2) is 27.1 Å². The van der Waals surface area contributed by atoms with Crippen molar-refractivity contribution >= 4 is 0 Å². The Hall–Kier alpha value is -1.42. The number of rotatable bonds is 4. The quantitative estimate of drug-likeness (QED) is 0.807. The van der Waals surface area contributed by atoms with E-state index >= 15 is 0 Å². The van der Waals surface area contributed by atoms with Crippen molar-refractivity contribution in [1.82, 2.24) is 0 Å². The highest BCUT2D eigenvalue weighted by atomic mass is 16.7. The molecule has 0 amide bonds. The molecule has 0 aromatic heterocycles. The van der Waals surface area contributed by atoms with Crippen molar-refractivity contribution in [3.05, 3.63) is 18.2 Å². The molecule has 4 nitrogen and oxygen atoms in total. The predicted molar refractivity (Wildman–Crippen MR) is 63.7 cm³/mol. The molecule has 0 bridgehead atoms. The summed E-state index contributed by atoms with van der Waals surface area (Å²) >= 11 is 0. The van der Waals surface area contributed by atoms with Crippen LogP contribution in [0, 0.1) is 5.92 Å². The second kappa shape index (κ2) is 5.27. The Labute approximate surface area is 101 Å². The molecule has 1 saturated heterocycles. The highest BCUT2D eigenvalue weighted by Gasteiger charge is 2.23. The molecule has 0 N–H and O–H groups in total. The van der Waals surface area contributed by atoms with E-state index in [2.05, 4.69) is 6.92 Å². The van der Waals surface area contributed by atoms with Gasteiger partial charge in [0.25, 0.3) is 0 Å². The van der Waals surface area contributed by atoms with Crippen LogP contribution in [0.5, 0.6) is 17.2 Å². The zero-order valence-corrected chi connectivity index (χ0v) is 10.4. The first kappa shape index (κ1) is 12.0. The van der Waals surface area contributed by atoms with Crippen molar-refractivity contribution < 1.29 is 18.9 Å². The van der Waals surface area contributed by atoms with Crippen molar-refractivity contribution in [3.63, 3.8) is 0 Å². The molecule has 0 saturated carbocycles. The summed E-state index contributed by atoms with van der Waals surface area (Å²) in [5.74, 6) is 2.65. The summed E-state index contributed by atoms with van der Waals surface area (Å²) in [5.41, 5.74) is 0. The van der Waals surface area contributed by atoms with Crippen LogP contribution in [0.15, 0.2) is 18.2 Å². The molecule has 4 heteroatoms. The minimum absolute atomic E-state index is 0.150. The molecule has 2 atom stereocenters. The molecular weight excluding hydrogens is 220 g/mol.